The highest BCUT2D eigenvalue weighted by molar-refractivity contribution is 8.13. The molecule has 0 radical (unpaired) electrons. The van der Waals surface area contributed by atoms with Gasteiger partial charge in [-0.3, -0.25) is 4.90 Å². The van der Waals surface area contributed by atoms with Crippen molar-refractivity contribution in [2.45, 2.75) is 30.7 Å². The smallest absolute Gasteiger partial charge is 0.261 e. The summed E-state index contributed by atoms with van der Waals surface area (Å²) in [5, 5.41) is 0. The summed E-state index contributed by atoms with van der Waals surface area (Å²) in [6.45, 7) is 2.51. The Labute approximate surface area is 111 Å². The Morgan fingerprint density at radius 1 is 1.17 bits per heavy atom. The number of hydrogen-bond donors (Lipinski definition) is 0. The van der Waals surface area contributed by atoms with Gasteiger partial charge in [0.25, 0.3) is 9.05 Å². The number of likely N-dealkylation sites (tertiary alicyclic amines) is 1. The molecule has 0 aliphatic carbocycles. The topological polar surface area (TPSA) is 37.4 Å². The van der Waals surface area contributed by atoms with Gasteiger partial charge in [-0.2, -0.15) is 0 Å². The predicted octanol–water partition coefficient (Wildman–Crippen LogP) is 2.74. The molecule has 1 heterocycles. The van der Waals surface area contributed by atoms with Crippen LogP contribution >= 0.6 is 10.7 Å². The number of halogens is 2. The first-order valence-electron chi connectivity index (χ1n) is 5.92. The molecule has 1 aromatic rings. The van der Waals surface area contributed by atoms with Crippen LogP contribution in [0.4, 0.5) is 4.39 Å². The number of rotatable bonds is 3. The van der Waals surface area contributed by atoms with E-state index in [-0.39, 0.29) is 4.90 Å². The minimum atomic E-state index is -3.87. The maximum Gasteiger partial charge on any atom is 0.261 e. The summed E-state index contributed by atoms with van der Waals surface area (Å²) in [6, 6.07) is 3.75. The molecule has 0 unspecified atom stereocenters. The summed E-state index contributed by atoms with van der Waals surface area (Å²) in [4.78, 5) is 2.03. The van der Waals surface area contributed by atoms with Crippen LogP contribution in [-0.2, 0) is 15.6 Å². The van der Waals surface area contributed by atoms with Crippen LogP contribution in [0.5, 0.6) is 0 Å². The fourth-order valence-corrected chi connectivity index (χ4v) is 3.04. The van der Waals surface area contributed by atoms with Crippen LogP contribution < -0.4 is 0 Å². The standard InChI is InChI=1S/C12H15ClFNO2S/c13-18(16,17)12-7-10(6-11(14)8-12)9-15-4-2-1-3-5-15/h6-8H,1-5,9H2. The molecule has 0 saturated carbocycles. The van der Waals surface area contributed by atoms with E-state index in [1.165, 1.54) is 18.6 Å². The molecule has 0 aromatic heterocycles. The molecule has 0 spiro atoms. The molecule has 100 valence electrons. The molecule has 0 atom stereocenters. The van der Waals surface area contributed by atoms with Gasteiger partial charge in [-0.05, 0) is 49.7 Å². The molecule has 0 amide bonds. The van der Waals surface area contributed by atoms with Crippen LogP contribution in [0.25, 0.3) is 0 Å². The van der Waals surface area contributed by atoms with Crippen molar-refractivity contribution in [3.8, 4) is 0 Å². The first-order chi connectivity index (χ1) is 8.45. The number of benzene rings is 1. The fraction of sp³-hybridized carbons (Fsp3) is 0.500. The zero-order chi connectivity index (χ0) is 13.2. The number of nitrogens with zero attached hydrogens (tertiary/aromatic N) is 1. The molecule has 18 heavy (non-hydrogen) atoms. The lowest BCUT2D eigenvalue weighted by Crippen LogP contribution is -2.29. The van der Waals surface area contributed by atoms with Crippen LogP contribution in [-0.4, -0.2) is 26.4 Å². The highest BCUT2D eigenvalue weighted by Crippen LogP contribution is 2.20. The van der Waals surface area contributed by atoms with Crippen LogP contribution in [0, 0.1) is 5.82 Å². The lowest BCUT2D eigenvalue weighted by atomic mass is 10.1. The van der Waals surface area contributed by atoms with Gasteiger partial charge in [0.2, 0.25) is 0 Å². The van der Waals surface area contributed by atoms with Crippen molar-refractivity contribution in [3.05, 3.63) is 29.6 Å². The van der Waals surface area contributed by atoms with Crippen molar-refractivity contribution < 1.29 is 12.8 Å². The second-order valence-corrected chi connectivity index (χ2v) is 7.14. The lowest BCUT2D eigenvalue weighted by Gasteiger charge is -2.26. The van der Waals surface area contributed by atoms with Crippen LogP contribution in [0.15, 0.2) is 23.1 Å². The van der Waals surface area contributed by atoms with E-state index in [1.54, 1.807) is 0 Å². The summed E-state index contributed by atoms with van der Waals surface area (Å²) < 4.78 is 35.8. The Hall–Kier alpha value is -0.650. The molecule has 0 N–H and O–H groups in total. The van der Waals surface area contributed by atoms with E-state index >= 15 is 0 Å². The second kappa shape index (κ2) is 5.55. The summed E-state index contributed by atoms with van der Waals surface area (Å²) in [5.41, 5.74) is 0.649. The normalized spacial score (nSPS) is 17.9. The molecular weight excluding hydrogens is 277 g/mol. The fourth-order valence-electron chi connectivity index (χ4n) is 2.23. The van der Waals surface area contributed by atoms with Crippen LogP contribution in [0.1, 0.15) is 24.8 Å². The summed E-state index contributed by atoms with van der Waals surface area (Å²) in [7, 11) is 1.36. The van der Waals surface area contributed by atoms with Gasteiger partial charge in [0.1, 0.15) is 5.82 Å². The molecule has 3 nitrogen and oxygen atoms in total. The largest absolute Gasteiger partial charge is 0.299 e. The molecule has 1 aliphatic heterocycles. The van der Waals surface area contributed by atoms with Crippen LogP contribution in [0.2, 0.25) is 0 Å². The molecular formula is C12H15ClFNO2S. The Balaban J connectivity index is 2.20. The van der Waals surface area contributed by atoms with E-state index < -0.39 is 14.9 Å². The van der Waals surface area contributed by atoms with Crippen molar-refractivity contribution in [2.75, 3.05) is 13.1 Å². The number of piperidine rings is 1. The minimum absolute atomic E-state index is 0.170. The van der Waals surface area contributed by atoms with Crippen molar-refractivity contribution in [1.82, 2.24) is 4.90 Å². The van der Waals surface area contributed by atoms with Gasteiger partial charge in [-0.25, -0.2) is 12.8 Å². The third kappa shape index (κ3) is 3.67. The zero-order valence-corrected chi connectivity index (χ0v) is 11.5. The molecule has 0 bridgehead atoms. The van der Waals surface area contributed by atoms with Crippen LogP contribution in [0.3, 0.4) is 0 Å². The maximum atomic E-state index is 13.4. The van der Waals surface area contributed by atoms with E-state index in [0.29, 0.717) is 12.1 Å². The molecule has 2 rings (SSSR count). The summed E-state index contributed by atoms with van der Waals surface area (Å²) >= 11 is 0. The van der Waals surface area contributed by atoms with E-state index in [2.05, 4.69) is 4.90 Å². The number of hydrogen-bond acceptors (Lipinski definition) is 3. The van der Waals surface area contributed by atoms with Gasteiger partial charge < -0.3 is 0 Å². The van der Waals surface area contributed by atoms with E-state index in [1.807, 2.05) is 0 Å². The second-order valence-electron chi connectivity index (χ2n) is 4.57. The lowest BCUT2D eigenvalue weighted by molar-refractivity contribution is 0.220. The maximum absolute atomic E-state index is 13.4. The Bertz CT molecular complexity index is 527. The molecule has 6 heteroatoms. The van der Waals surface area contributed by atoms with Gasteiger partial charge >= 0.3 is 0 Å². The van der Waals surface area contributed by atoms with E-state index in [9.17, 15) is 12.8 Å². The monoisotopic (exact) mass is 291 g/mol. The van der Waals surface area contributed by atoms with Gasteiger partial charge in [0.05, 0.1) is 4.90 Å². The highest BCUT2D eigenvalue weighted by Gasteiger charge is 2.15. The molecule has 1 aliphatic rings. The average molecular weight is 292 g/mol. The van der Waals surface area contributed by atoms with E-state index in [0.717, 1.165) is 32.0 Å². The SMILES string of the molecule is O=S(=O)(Cl)c1cc(F)cc(CN2CCCCC2)c1. The first kappa shape index (κ1) is 13.8. The van der Waals surface area contributed by atoms with E-state index in [4.69, 9.17) is 10.7 Å². The van der Waals surface area contributed by atoms with Crippen molar-refractivity contribution in [2.24, 2.45) is 0 Å². The zero-order valence-electron chi connectivity index (χ0n) is 9.90. The van der Waals surface area contributed by atoms with Gasteiger partial charge in [-0.1, -0.05) is 6.42 Å². The molecule has 1 saturated heterocycles. The highest BCUT2D eigenvalue weighted by atomic mass is 35.7. The third-order valence-corrected chi connectivity index (χ3v) is 4.40. The first-order valence-corrected chi connectivity index (χ1v) is 8.22. The van der Waals surface area contributed by atoms with Gasteiger partial charge in [0.15, 0.2) is 0 Å². The minimum Gasteiger partial charge on any atom is -0.299 e. The van der Waals surface area contributed by atoms with Gasteiger partial charge in [-0.15, -0.1) is 0 Å². The quantitative estimate of drug-likeness (QED) is 0.804. The Kier molecular flexibility index (Phi) is 4.25. The predicted molar refractivity (Wildman–Crippen MR) is 68.6 cm³/mol. The summed E-state index contributed by atoms with van der Waals surface area (Å²) in [6.07, 6.45) is 3.49. The van der Waals surface area contributed by atoms with Gasteiger partial charge in [0, 0.05) is 17.2 Å². The summed E-state index contributed by atoms with van der Waals surface area (Å²) in [5.74, 6) is -0.566. The third-order valence-electron chi connectivity index (χ3n) is 3.07. The van der Waals surface area contributed by atoms with Crippen molar-refractivity contribution in [3.63, 3.8) is 0 Å². The molecule has 1 fully saturated rings. The molecule has 1 aromatic carbocycles. The Morgan fingerprint density at radius 2 is 1.83 bits per heavy atom. The van der Waals surface area contributed by atoms with Crippen molar-refractivity contribution >= 4 is 19.7 Å². The Morgan fingerprint density at radius 3 is 2.44 bits per heavy atom. The van der Waals surface area contributed by atoms with Crippen molar-refractivity contribution in [1.29, 1.82) is 0 Å². The average Bonchev–Trinajstić information content (AvgIpc) is 2.28.